The summed E-state index contributed by atoms with van der Waals surface area (Å²) in [5.74, 6) is 2.38. The average Bonchev–Trinajstić information content (AvgIpc) is 1.59. The Labute approximate surface area is 62.2 Å². The van der Waals surface area contributed by atoms with Crippen LogP contribution in [0.2, 0.25) is 0 Å². The van der Waals surface area contributed by atoms with Crippen LogP contribution in [0.5, 0.6) is 0 Å². The second-order valence-electron chi connectivity index (χ2n) is 2.10. The molecule has 0 atom stereocenters. The molecular formula is C5H13ClS2. The topological polar surface area (TPSA) is 0 Å². The van der Waals surface area contributed by atoms with Crippen molar-refractivity contribution in [3.63, 3.8) is 0 Å². The lowest BCUT2D eigenvalue weighted by molar-refractivity contribution is 1.54. The van der Waals surface area contributed by atoms with E-state index in [9.17, 15) is 0 Å². The smallest absolute Gasteiger partial charge is 0.00166 e. The van der Waals surface area contributed by atoms with Gasteiger partial charge in [0.1, 0.15) is 0 Å². The minimum absolute atomic E-state index is 0.735. The van der Waals surface area contributed by atoms with Crippen LogP contribution >= 0.6 is 31.7 Å². The second kappa shape index (κ2) is 3.91. The van der Waals surface area contributed by atoms with Crippen LogP contribution < -0.4 is 0 Å². The van der Waals surface area contributed by atoms with Crippen molar-refractivity contribution in [3.8, 4) is 0 Å². The Hall–Kier alpha value is 0.990. The normalized spacial score (nSPS) is 14.0. The lowest BCUT2D eigenvalue weighted by Gasteiger charge is -2.20. The van der Waals surface area contributed by atoms with Crippen LogP contribution in [0, 0.1) is 0 Å². The van der Waals surface area contributed by atoms with Crippen molar-refractivity contribution in [2.75, 3.05) is 30.3 Å². The number of halogens is 1. The Balaban J connectivity index is 3.11. The van der Waals surface area contributed by atoms with Crippen LogP contribution in [0.25, 0.3) is 0 Å². The van der Waals surface area contributed by atoms with E-state index in [1.807, 2.05) is 11.8 Å². The third-order valence-corrected chi connectivity index (χ3v) is 3.28. The zero-order valence-electron chi connectivity index (χ0n) is 5.61. The fraction of sp³-hybridized carbons (Fsp3) is 1.00. The predicted octanol–water partition coefficient (Wildman–Crippen LogP) is 2.57. The van der Waals surface area contributed by atoms with Gasteiger partial charge < -0.3 is 0 Å². The fourth-order valence-corrected chi connectivity index (χ4v) is 3.10. The third kappa shape index (κ3) is 6.99. The van der Waals surface area contributed by atoms with E-state index in [0.29, 0.717) is 0 Å². The molecule has 0 aromatic carbocycles. The summed E-state index contributed by atoms with van der Waals surface area (Å²) in [6, 6.07) is 0. The minimum Gasteiger partial charge on any atom is -0.168 e. The van der Waals surface area contributed by atoms with Crippen LogP contribution in [-0.2, 0) is 0 Å². The molecule has 0 aromatic rings. The molecule has 0 rings (SSSR count). The number of hydrogen-bond donors (Lipinski definition) is 0. The van der Waals surface area contributed by atoms with E-state index >= 15 is 0 Å². The van der Waals surface area contributed by atoms with Crippen molar-refractivity contribution < 1.29 is 0 Å². The SMILES string of the molecule is CSCCS(C)(C)Cl. The van der Waals surface area contributed by atoms with Crippen molar-refractivity contribution in [3.05, 3.63) is 0 Å². The molecule has 0 amide bonds. The van der Waals surface area contributed by atoms with Gasteiger partial charge in [-0.25, -0.2) is 0 Å². The van der Waals surface area contributed by atoms with Gasteiger partial charge in [0.25, 0.3) is 0 Å². The van der Waals surface area contributed by atoms with Gasteiger partial charge in [-0.2, -0.15) is 21.0 Å². The Morgan fingerprint density at radius 2 is 2.00 bits per heavy atom. The Morgan fingerprint density at radius 1 is 1.50 bits per heavy atom. The molecule has 0 unspecified atom stereocenters. The van der Waals surface area contributed by atoms with Gasteiger partial charge in [-0.3, -0.25) is 0 Å². The monoisotopic (exact) mass is 172 g/mol. The molecule has 3 heteroatoms. The van der Waals surface area contributed by atoms with Gasteiger partial charge in [-0.15, -0.1) is 0 Å². The molecule has 0 fully saturated rings. The quantitative estimate of drug-likeness (QED) is 0.631. The number of hydrogen-bond acceptors (Lipinski definition) is 1. The van der Waals surface area contributed by atoms with Gasteiger partial charge >= 0.3 is 0 Å². The molecule has 0 heterocycles. The maximum absolute atomic E-state index is 5.98. The zero-order chi connectivity index (χ0) is 6.62. The van der Waals surface area contributed by atoms with Crippen molar-refractivity contribution in [1.29, 1.82) is 0 Å². The Kier molecular flexibility index (Phi) is 4.40. The summed E-state index contributed by atoms with van der Waals surface area (Å²) in [5.41, 5.74) is 0. The highest BCUT2D eigenvalue weighted by Crippen LogP contribution is 2.45. The number of rotatable bonds is 3. The van der Waals surface area contributed by atoms with Crippen LogP contribution in [0.1, 0.15) is 0 Å². The van der Waals surface area contributed by atoms with Crippen molar-refractivity contribution in [1.82, 2.24) is 0 Å². The summed E-state index contributed by atoms with van der Waals surface area (Å²) in [6.07, 6.45) is 6.37. The lowest BCUT2D eigenvalue weighted by Crippen LogP contribution is -1.94. The minimum atomic E-state index is -0.735. The van der Waals surface area contributed by atoms with Gasteiger partial charge in [-0.05, 0) is 24.5 Å². The summed E-state index contributed by atoms with van der Waals surface area (Å²) in [7, 11) is 5.25. The fourth-order valence-electron chi connectivity index (χ4n) is 0.281. The first-order valence-electron chi connectivity index (χ1n) is 2.46. The lowest BCUT2D eigenvalue weighted by atomic mass is 11.0. The maximum Gasteiger partial charge on any atom is 0.00166 e. The van der Waals surface area contributed by atoms with Crippen LogP contribution in [0.4, 0.5) is 0 Å². The molecule has 0 aliphatic heterocycles. The summed E-state index contributed by atoms with van der Waals surface area (Å²) in [6.45, 7) is 0. The summed E-state index contributed by atoms with van der Waals surface area (Å²) < 4.78 is 0. The molecule has 0 saturated heterocycles. The third-order valence-electron chi connectivity index (χ3n) is 0.773. The second-order valence-corrected chi connectivity index (χ2v) is 8.81. The predicted molar refractivity (Wildman–Crippen MR) is 48.5 cm³/mol. The average molecular weight is 173 g/mol. The van der Waals surface area contributed by atoms with Gasteiger partial charge in [0.05, 0.1) is 0 Å². The van der Waals surface area contributed by atoms with Crippen molar-refractivity contribution >= 4 is 31.7 Å². The van der Waals surface area contributed by atoms with Crippen LogP contribution in [0.15, 0.2) is 0 Å². The van der Waals surface area contributed by atoms with Gasteiger partial charge in [0, 0.05) is 5.75 Å². The first kappa shape index (κ1) is 8.99. The van der Waals surface area contributed by atoms with E-state index in [2.05, 4.69) is 18.8 Å². The van der Waals surface area contributed by atoms with Crippen molar-refractivity contribution in [2.45, 2.75) is 0 Å². The molecule has 0 aromatic heterocycles. The molecule has 0 N–H and O–H groups in total. The molecule has 0 aliphatic carbocycles. The van der Waals surface area contributed by atoms with Crippen LogP contribution in [-0.4, -0.2) is 30.3 Å². The highest BCUT2D eigenvalue weighted by molar-refractivity contribution is 8.50. The van der Waals surface area contributed by atoms with E-state index < -0.39 is 9.24 Å². The molecule has 52 valence electrons. The van der Waals surface area contributed by atoms with E-state index in [4.69, 9.17) is 10.7 Å². The molecule has 0 nitrogen and oxygen atoms in total. The Morgan fingerprint density at radius 3 is 2.12 bits per heavy atom. The van der Waals surface area contributed by atoms with E-state index in [-0.39, 0.29) is 0 Å². The van der Waals surface area contributed by atoms with E-state index in [0.717, 1.165) is 0 Å². The summed E-state index contributed by atoms with van der Waals surface area (Å²) >= 11 is 1.86. The van der Waals surface area contributed by atoms with E-state index in [1.165, 1.54) is 11.5 Å². The molecule has 0 spiro atoms. The number of thioether (sulfide) groups is 1. The van der Waals surface area contributed by atoms with E-state index in [1.54, 1.807) is 0 Å². The molecule has 0 radical (unpaired) electrons. The largest absolute Gasteiger partial charge is 0.168 e. The van der Waals surface area contributed by atoms with Crippen molar-refractivity contribution in [2.24, 2.45) is 0 Å². The molecule has 0 aliphatic rings. The summed E-state index contributed by atoms with van der Waals surface area (Å²) in [5, 5.41) is 0. The highest BCUT2D eigenvalue weighted by Gasteiger charge is 2.03. The van der Waals surface area contributed by atoms with Gasteiger partial charge in [-0.1, -0.05) is 10.7 Å². The van der Waals surface area contributed by atoms with Gasteiger partial charge in [0.15, 0.2) is 0 Å². The molecule has 0 saturated carbocycles. The first-order valence-corrected chi connectivity index (χ1v) is 7.30. The molecule has 0 bridgehead atoms. The molecular weight excluding hydrogens is 160 g/mol. The maximum atomic E-state index is 5.98. The van der Waals surface area contributed by atoms with Gasteiger partial charge in [0.2, 0.25) is 0 Å². The first-order chi connectivity index (χ1) is 3.56. The van der Waals surface area contributed by atoms with Crippen LogP contribution in [0.3, 0.4) is 0 Å². The summed E-state index contributed by atoms with van der Waals surface area (Å²) in [4.78, 5) is 0. The zero-order valence-corrected chi connectivity index (χ0v) is 8.00. The highest BCUT2D eigenvalue weighted by atomic mass is 35.7. The standard InChI is InChI=1S/C5H13ClS2/c1-7-4-5-8(2,3)6/h4-5H2,1-3H3. The molecule has 8 heavy (non-hydrogen) atoms. The Bertz CT molecular complexity index is 57.9.